The van der Waals surface area contributed by atoms with Crippen molar-refractivity contribution in [2.75, 3.05) is 39.3 Å². The topological polar surface area (TPSA) is 52.8 Å². The SMILES string of the molecule is CC(=O)N1CCN([C@@H]2CN(Cc3ccon3)C[C@@H]2C)CC1. The summed E-state index contributed by atoms with van der Waals surface area (Å²) in [5, 5.41) is 4.00. The van der Waals surface area contributed by atoms with Crippen molar-refractivity contribution in [3.63, 3.8) is 0 Å². The van der Waals surface area contributed by atoms with E-state index in [1.54, 1.807) is 13.2 Å². The van der Waals surface area contributed by atoms with Gasteiger partial charge in [-0.15, -0.1) is 0 Å². The van der Waals surface area contributed by atoms with Gasteiger partial charge in [0.05, 0.1) is 5.69 Å². The van der Waals surface area contributed by atoms with Gasteiger partial charge in [-0.3, -0.25) is 14.6 Å². The fourth-order valence-corrected chi connectivity index (χ4v) is 3.57. The fraction of sp³-hybridized carbons (Fsp3) is 0.733. The summed E-state index contributed by atoms with van der Waals surface area (Å²) in [6.45, 7) is 10.7. The molecule has 0 radical (unpaired) electrons. The molecule has 2 fully saturated rings. The van der Waals surface area contributed by atoms with Crippen LogP contribution >= 0.6 is 0 Å². The van der Waals surface area contributed by atoms with Crippen LogP contribution in [0.1, 0.15) is 19.5 Å². The van der Waals surface area contributed by atoms with Gasteiger partial charge >= 0.3 is 0 Å². The first-order valence-corrected chi connectivity index (χ1v) is 7.74. The molecule has 1 amide bonds. The largest absolute Gasteiger partial charge is 0.364 e. The Bertz CT molecular complexity index is 468. The zero-order valence-corrected chi connectivity index (χ0v) is 12.9. The third-order valence-electron chi connectivity index (χ3n) is 4.75. The standard InChI is InChI=1S/C15H24N4O2/c1-12-9-17(10-14-3-8-21-16-14)11-15(12)19-6-4-18(5-7-19)13(2)20/h3,8,12,15H,4-7,9-11H2,1-2H3/t12-,15+/m0/s1. The average Bonchev–Trinajstić information content (AvgIpc) is 3.09. The van der Waals surface area contributed by atoms with Crippen LogP contribution in [0.3, 0.4) is 0 Å². The molecule has 3 rings (SSSR count). The molecule has 6 heteroatoms. The molecule has 21 heavy (non-hydrogen) atoms. The van der Waals surface area contributed by atoms with E-state index >= 15 is 0 Å². The first kappa shape index (κ1) is 14.5. The molecule has 6 nitrogen and oxygen atoms in total. The highest BCUT2D eigenvalue weighted by Gasteiger charge is 2.35. The van der Waals surface area contributed by atoms with E-state index < -0.39 is 0 Å². The van der Waals surface area contributed by atoms with Crippen molar-refractivity contribution in [3.8, 4) is 0 Å². The van der Waals surface area contributed by atoms with E-state index in [2.05, 4.69) is 21.9 Å². The van der Waals surface area contributed by atoms with Crippen LogP contribution in [0.5, 0.6) is 0 Å². The quantitative estimate of drug-likeness (QED) is 0.819. The number of hydrogen-bond acceptors (Lipinski definition) is 5. The molecular weight excluding hydrogens is 268 g/mol. The Hall–Kier alpha value is -1.40. The smallest absolute Gasteiger partial charge is 0.219 e. The Morgan fingerprint density at radius 1 is 1.33 bits per heavy atom. The lowest BCUT2D eigenvalue weighted by atomic mass is 10.0. The molecule has 1 aromatic rings. The van der Waals surface area contributed by atoms with Crippen LogP contribution in [-0.4, -0.2) is 71.1 Å². The van der Waals surface area contributed by atoms with Gasteiger partial charge in [0.2, 0.25) is 5.91 Å². The zero-order valence-electron chi connectivity index (χ0n) is 12.9. The van der Waals surface area contributed by atoms with E-state index in [9.17, 15) is 4.79 Å². The molecule has 0 saturated carbocycles. The van der Waals surface area contributed by atoms with Crippen molar-refractivity contribution < 1.29 is 9.32 Å². The maximum absolute atomic E-state index is 11.4. The summed E-state index contributed by atoms with van der Waals surface area (Å²) in [5.41, 5.74) is 1.00. The average molecular weight is 292 g/mol. The number of piperazine rings is 1. The molecule has 0 aromatic carbocycles. The number of hydrogen-bond donors (Lipinski definition) is 0. The number of carbonyl (C=O) groups excluding carboxylic acids is 1. The van der Waals surface area contributed by atoms with Gasteiger partial charge in [0.15, 0.2) is 0 Å². The lowest BCUT2D eigenvalue weighted by Gasteiger charge is -2.39. The van der Waals surface area contributed by atoms with Crippen LogP contribution in [0.25, 0.3) is 0 Å². The molecule has 0 spiro atoms. The normalized spacial score (nSPS) is 28.2. The van der Waals surface area contributed by atoms with E-state index in [1.807, 2.05) is 11.0 Å². The van der Waals surface area contributed by atoms with Gasteiger partial charge in [-0.05, 0) is 5.92 Å². The predicted octanol–water partition coefficient (Wildman–Crippen LogP) is 0.659. The summed E-state index contributed by atoms with van der Waals surface area (Å²) in [7, 11) is 0. The second-order valence-corrected chi connectivity index (χ2v) is 6.27. The van der Waals surface area contributed by atoms with Gasteiger partial charge in [-0.2, -0.15) is 0 Å². The molecule has 2 aliphatic rings. The molecule has 0 unspecified atom stereocenters. The number of aromatic nitrogens is 1. The van der Waals surface area contributed by atoms with Gasteiger partial charge in [0, 0.05) is 64.8 Å². The molecule has 2 atom stereocenters. The van der Waals surface area contributed by atoms with E-state index in [0.29, 0.717) is 12.0 Å². The summed E-state index contributed by atoms with van der Waals surface area (Å²) < 4.78 is 4.90. The molecular formula is C15H24N4O2. The minimum atomic E-state index is 0.196. The monoisotopic (exact) mass is 292 g/mol. The second kappa shape index (κ2) is 6.15. The zero-order chi connectivity index (χ0) is 14.8. The molecule has 0 N–H and O–H groups in total. The Balaban J connectivity index is 1.53. The van der Waals surface area contributed by atoms with Gasteiger partial charge < -0.3 is 9.42 Å². The van der Waals surface area contributed by atoms with Crippen LogP contribution in [0.4, 0.5) is 0 Å². The van der Waals surface area contributed by atoms with E-state index in [0.717, 1.165) is 51.5 Å². The van der Waals surface area contributed by atoms with Gasteiger partial charge in [0.25, 0.3) is 0 Å². The molecule has 3 heterocycles. The van der Waals surface area contributed by atoms with Crippen molar-refractivity contribution in [1.82, 2.24) is 19.9 Å². The van der Waals surface area contributed by atoms with Crippen molar-refractivity contribution >= 4 is 5.91 Å². The maximum atomic E-state index is 11.4. The Morgan fingerprint density at radius 3 is 2.71 bits per heavy atom. The second-order valence-electron chi connectivity index (χ2n) is 6.27. The number of likely N-dealkylation sites (tertiary alicyclic amines) is 1. The summed E-state index contributed by atoms with van der Waals surface area (Å²) >= 11 is 0. The minimum Gasteiger partial charge on any atom is -0.364 e. The lowest BCUT2D eigenvalue weighted by Crippen LogP contribution is -2.53. The number of amides is 1. The summed E-state index contributed by atoms with van der Waals surface area (Å²) in [6, 6.07) is 2.52. The molecule has 0 bridgehead atoms. The third kappa shape index (κ3) is 3.27. The Labute approximate surface area is 125 Å². The van der Waals surface area contributed by atoms with Crippen LogP contribution in [0.2, 0.25) is 0 Å². The summed E-state index contributed by atoms with van der Waals surface area (Å²) in [4.78, 5) is 18.3. The summed E-state index contributed by atoms with van der Waals surface area (Å²) in [6.07, 6.45) is 1.63. The van der Waals surface area contributed by atoms with Gasteiger partial charge in [-0.1, -0.05) is 12.1 Å². The van der Waals surface area contributed by atoms with E-state index in [1.165, 1.54) is 0 Å². The third-order valence-corrected chi connectivity index (χ3v) is 4.75. The first-order chi connectivity index (χ1) is 10.1. The van der Waals surface area contributed by atoms with E-state index in [4.69, 9.17) is 4.52 Å². The highest BCUT2D eigenvalue weighted by Crippen LogP contribution is 2.24. The lowest BCUT2D eigenvalue weighted by molar-refractivity contribution is -0.130. The number of nitrogens with zero attached hydrogens (tertiary/aromatic N) is 4. The van der Waals surface area contributed by atoms with Crippen LogP contribution in [-0.2, 0) is 11.3 Å². The highest BCUT2D eigenvalue weighted by molar-refractivity contribution is 5.73. The molecule has 2 saturated heterocycles. The van der Waals surface area contributed by atoms with Crippen LogP contribution < -0.4 is 0 Å². The Kier molecular flexibility index (Phi) is 4.26. The minimum absolute atomic E-state index is 0.196. The molecule has 2 aliphatic heterocycles. The Morgan fingerprint density at radius 2 is 2.10 bits per heavy atom. The number of carbonyl (C=O) groups is 1. The molecule has 0 aliphatic carbocycles. The van der Waals surface area contributed by atoms with Crippen molar-refractivity contribution in [1.29, 1.82) is 0 Å². The van der Waals surface area contributed by atoms with Crippen molar-refractivity contribution in [3.05, 3.63) is 18.0 Å². The fourth-order valence-electron chi connectivity index (χ4n) is 3.57. The predicted molar refractivity (Wildman–Crippen MR) is 78.6 cm³/mol. The van der Waals surface area contributed by atoms with E-state index in [-0.39, 0.29) is 5.91 Å². The number of rotatable bonds is 3. The van der Waals surface area contributed by atoms with Crippen LogP contribution in [0.15, 0.2) is 16.9 Å². The highest BCUT2D eigenvalue weighted by atomic mass is 16.5. The van der Waals surface area contributed by atoms with Gasteiger partial charge in [-0.25, -0.2) is 0 Å². The first-order valence-electron chi connectivity index (χ1n) is 7.74. The molecule has 1 aromatic heterocycles. The molecule has 116 valence electrons. The van der Waals surface area contributed by atoms with Crippen molar-refractivity contribution in [2.24, 2.45) is 5.92 Å². The van der Waals surface area contributed by atoms with Gasteiger partial charge in [0.1, 0.15) is 6.26 Å². The van der Waals surface area contributed by atoms with Crippen molar-refractivity contribution in [2.45, 2.75) is 26.4 Å². The summed E-state index contributed by atoms with van der Waals surface area (Å²) in [5.74, 6) is 0.850. The van der Waals surface area contributed by atoms with Crippen LogP contribution in [0, 0.1) is 5.92 Å². The maximum Gasteiger partial charge on any atom is 0.219 e.